The number of phenols is 1. The minimum atomic E-state index is 0.276. The summed E-state index contributed by atoms with van der Waals surface area (Å²) in [5, 5.41) is 11.5. The lowest BCUT2D eigenvalue weighted by molar-refractivity contribution is 0.307. The van der Waals surface area contributed by atoms with Crippen LogP contribution >= 0.6 is 11.6 Å². The summed E-state index contributed by atoms with van der Waals surface area (Å²) in [4.78, 5) is 0. The van der Waals surface area contributed by atoms with Crippen molar-refractivity contribution in [3.8, 4) is 11.5 Å². The third kappa shape index (κ3) is 2.32. The van der Waals surface area contributed by atoms with Crippen LogP contribution in [0.5, 0.6) is 11.5 Å². The summed E-state index contributed by atoms with van der Waals surface area (Å²) in [6.07, 6.45) is 1.97. The van der Waals surface area contributed by atoms with Gasteiger partial charge in [0.15, 0.2) is 0 Å². The molecule has 0 fully saturated rings. The van der Waals surface area contributed by atoms with Gasteiger partial charge in [0.2, 0.25) is 0 Å². The molecule has 3 rings (SSSR count). The number of phenolic OH excluding ortho intramolecular Hbond substituents is 1. The molecule has 0 bridgehead atoms. The predicted molar refractivity (Wildman–Crippen MR) is 80.4 cm³/mol. The number of hydrogen-bond donors (Lipinski definition) is 1. The molecular weight excluding hydrogens is 274 g/mol. The van der Waals surface area contributed by atoms with Crippen LogP contribution in [0.1, 0.15) is 5.56 Å². The second kappa shape index (κ2) is 5.10. The van der Waals surface area contributed by atoms with Crippen LogP contribution in [0, 0.1) is 0 Å². The first-order chi connectivity index (χ1) is 9.65. The fraction of sp³-hybridized carbons (Fsp3) is 0.125. The molecule has 0 saturated heterocycles. The van der Waals surface area contributed by atoms with Crippen LogP contribution in [0.15, 0.2) is 48.7 Å². The number of rotatable bonds is 3. The molecule has 0 atom stereocenters. The van der Waals surface area contributed by atoms with E-state index in [0.29, 0.717) is 11.6 Å². The monoisotopic (exact) mass is 287 g/mol. The third-order valence-electron chi connectivity index (χ3n) is 3.28. The fourth-order valence-corrected chi connectivity index (χ4v) is 2.45. The average molecular weight is 288 g/mol. The first-order valence-corrected chi connectivity index (χ1v) is 6.67. The van der Waals surface area contributed by atoms with Crippen molar-refractivity contribution >= 4 is 22.5 Å². The molecule has 0 saturated carbocycles. The van der Waals surface area contributed by atoms with E-state index in [1.807, 2.05) is 42.1 Å². The van der Waals surface area contributed by atoms with Crippen molar-refractivity contribution < 1.29 is 9.84 Å². The van der Waals surface area contributed by atoms with Gasteiger partial charge in [-0.2, -0.15) is 0 Å². The second-order valence-electron chi connectivity index (χ2n) is 4.68. The number of fused-ring (bicyclic) bond motifs is 1. The summed E-state index contributed by atoms with van der Waals surface area (Å²) in [6.45, 7) is 0.399. The minimum absolute atomic E-state index is 0.276. The van der Waals surface area contributed by atoms with Gasteiger partial charge >= 0.3 is 0 Å². The summed E-state index contributed by atoms with van der Waals surface area (Å²) >= 11 is 5.84. The number of benzene rings is 2. The number of nitrogens with zero attached hydrogens (tertiary/aromatic N) is 1. The SMILES string of the molecule is Cn1cc(COc2ccc(Cl)cc2)c2c(O)cccc21. The number of aryl methyl sites for hydroxylation is 1. The van der Waals surface area contributed by atoms with E-state index in [2.05, 4.69) is 0 Å². The van der Waals surface area contributed by atoms with Crippen LogP contribution in [0.3, 0.4) is 0 Å². The molecule has 0 spiro atoms. The fourth-order valence-electron chi connectivity index (χ4n) is 2.32. The van der Waals surface area contributed by atoms with Gasteiger partial charge in [-0.15, -0.1) is 0 Å². The predicted octanol–water partition coefficient (Wildman–Crippen LogP) is 4.12. The number of ether oxygens (including phenoxy) is 1. The average Bonchev–Trinajstić information content (AvgIpc) is 2.77. The molecule has 4 heteroatoms. The lowest BCUT2D eigenvalue weighted by atomic mass is 10.1. The number of halogens is 1. The highest BCUT2D eigenvalue weighted by Crippen LogP contribution is 2.30. The van der Waals surface area contributed by atoms with Gasteiger partial charge in [-0.1, -0.05) is 17.7 Å². The zero-order valence-electron chi connectivity index (χ0n) is 11.0. The normalized spacial score (nSPS) is 10.9. The summed E-state index contributed by atoms with van der Waals surface area (Å²) in [7, 11) is 1.95. The van der Waals surface area contributed by atoms with E-state index in [0.717, 1.165) is 22.2 Å². The standard InChI is InChI=1S/C16H14ClNO2/c1-18-9-11(16-14(18)3-2-4-15(16)19)10-20-13-7-5-12(17)6-8-13/h2-9,19H,10H2,1H3. The van der Waals surface area contributed by atoms with E-state index in [-0.39, 0.29) is 5.75 Å². The zero-order chi connectivity index (χ0) is 14.1. The Morgan fingerprint density at radius 2 is 1.90 bits per heavy atom. The van der Waals surface area contributed by atoms with E-state index < -0.39 is 0 Å². The first-order valence-electron chi connectivity index (χ1n) is 6.29. The molecule has 3 nitrogen and oxygen atoms in total. The van der Waals surface area contributed by atoms with Crippen LogP contribution in [-0.4, -0.2) is 9.67 Å². The van der Waals surface area contributed by atoms with Gasteiger partial charge in [-0.05, 0) is 36.4 Å². The molecule has 102 valence electrons. The van der Waals surface area contributed by atoms with Gasteiger partial charge in [0.25, 0.3) is 0 Å². The van der Waals surface area contributed by atoms with Gasteiger partial charge in [-0.3, -0.25) is 0 Å². The highest BCUT2D eigenvalue weighted by molar-refractivity contribution is 6.30. The molecule has 0 aliphatic rings. The summed E-state index contributed by atoms with van der Waals surface area (Å²) in [5.41, 5.74) is 1.94. The highest BCUT2D eigenvalue weighted by atomic mass is 35.5. The molecule has 3 aromatic rings. The van der Waals surface area contributed by atoms with Crippen molar-refractivity contribution in [3.63, 3.8) is 0 Å². The van der Waals surface area contributed by atoms with Crippen LogP contribution < -0.4 is 4.74 Å². The molecule has 20 heavy (non-hydrogen) atoms. The minimum Gasteiger partial charge on any atom is -0.507 e. The van der Waals surface area contributed by atoms with Crippen LogP contribution in [0.4, 0.5) is 0 Å². The third-order valence-corrected chi connectivity index (χ3v) is 3.53. The zero-order valence-corrected chi connectivity index (χ0v) is 11.8. The molecule has 1 N–H and O–H groups in total. The number of aromatic nitrogens is 1. The van der Waals surface area contributed by atoms with Crippen molar-refractivity contribution in [2.24, 2.45) is 7.05 Å². The van der Waals surface area contributed by atoms with Gasteiger partial charge in [-0.25, -0.2) is 0 Å². The Labute approximate surface area is 122 Å². The molecule has 1 aromatic heterocycles. The molecular formula is C16H14ClNO2. The second-order valence-corrected chi connectivity index (χ2v) is 5.12. The molecule has 0 radical (unpaired) electrons. The Kier molecular flexibility index (Phi) is 3.28. The van der Waals surface area contributed by atoms with E-state index in [9.17, 15) is 5.11 Å². The van der Waals surface area contributed by atoms with E-state index in [4.69, 9.17) is 16.3 Å². The summed E-state index contributed by atoms with van der Waals surface area (Å²) in [6, 6.07) is 12.7. The van der Waals surface area contributed by atoms with Crippen molar-refractivity contribution in [2.45, 2.75) is 6.61 Å². The maximum Gasteiger partial charge on any atom is 0.125 e. The Morgan fingerprint density at radius 1 is 1.15 bits per heavy atom. The largest absolute Gasteiger partial charge is 0.507 e. The Hall–Kier alpha value is -2.13. The van der Waals surface area contributed by atoms with Gasteiger partial charge in [0, 0.05) is 29.2 Å². The van der Waals surface area contributed by atoms with Crippen LogP contribution in [0.2, 0.25) is 5.02 Å². The van der Waals surface area contributed by atoms with Crippen LogP contribution in [0.25, 0.3) is 10.9 Å². The lowest BCUT2D eigenvalue weighted by Gasteiger charge is -2.06. The van der Waals surface area contributed by atoms with Crippen molar-refractivity contribution in [2.75, 3.05) is 0 Å². The quantitative estimate of drug-likeness (QED) is 0.786. The number of aromatic hydroxyl groups is 1. The maximum atomic E-state index is 10.0. The van der Waals surface area contributed by atoms with Gasteiger partial charge in [0.05, 0.1) is 5.52 Å². The Bertz CT molecular complexity index is 747. The van der Waals surface area contributed by atoms with Gasteiger partial charge in [0.1, 0.15) is 18.1 Å². The first kappa shape index (κ1) is 12.9. The van der Waals surface area contributed by atoms with E-state index in [1.165, 1.54) is 0 Å². The Balaban J connectivity index is 1.89. The maximum absolute atomic E-state index is 10.0. The van der Waals surface area contributed by atoms with Crippen molar-refractivity contribution in [3.05, 3.63) is 59.2 Å². The lowest BCUT2D eigenvalue weighted by Crippen LogP contribution is -1.94. The molecule has 2 aromatic carbocycles. The molecule has 1 heterocycles. The van der Waals surface area contributed by atoms with Crippen molar-refractivity contribution in [1.82, 2.24) is 4.57 Å². The molecule has 0 aliphatic carbocycles. The summed E-state index contributed by atoms with van der Waals surface area (Å²) in [5.74, 6) is 1.03. The molecule has 0 amide bonds. The smallest absolute Gasteiger partial charge is 0.125 e. The molecule has 0 unspecified atom stereocenters. The van der Waals surface area contributed by atoms with E-state index in [1.54, 1.807) is 18.2 Å². The molecule has 0 aliphatic heterocycles. The Morgan fingerprint density at radius 3 is 2.65 bits per heavy atom. The summed E-state index contributed by atoms with van der Waals surface area (Å²) < 4.78 is 7.72. The van der Waals surface area contributed by atoms with Crippen LogP contribution in [-0.2, 0) is 13.7 Å². The number of hydrogen-bond acceptors (Lipinski definition) is 2. The van der Waals surface area contributed by atoms with E-state index >= 15 is 0 Å². The van der Waals surface area contributed by atoms with Gasteiger partial charge < -0.3 is 14.4 Å². The topological polar surface area (TPSA) is 34.4 Å². The van der Waals surface area contributed by atoms with Crippen molar-refractivity contribution in [1.29, 1.82) is 0 Å². The highest BCUT2D eigenvalue weighted by Gasteiger charge is 2.10.